The molecule has 1 aromatic rings. The van der Waals surface area contributed by atoms with Crippen molar-refractivity contribution in [1.29, 1.82) is 0 Å². The summed E-state index contributed by atoms with van der Waals surface area (Å²) in [6.45, 7) is 0. The van der Waals surface area contributed by atoms with Crippen LogP contribution in [0.2, 0.25) is 5.02 Å². The molecule has 0 aromatic heterocycles. The molecule has 1 saturated carbocycles. The number of carbonyl (C=O) groups excluding carboxylic acids is 2. The van der Waals surface area contributed by atoms with Gasteiger partial charge < -0.3 is 5.32 Å². The number of hydrogen-bond acceptors (Lipinski definition) is 2. The maximum atomic E-state index is 11.8. The van der Waals surface area contributed by atoms with Crippen LogP contribution in [-0.2, 0) is 4.79 Å². The molecule has 6 heteroatoms. The molecule has 0 unspecified atom stereocenters. The van der Waals surface area contributed by atoms with E-state index in [1.54, 1.807) is 24.3 Å². The maximum absolute atomic E-state index is 11.8. The predicted octanol–water partition coefficient (Wildman–Crippen LogP) is 3.07. The van der Waals surface area contributed by atoms with Crippen molar-refractivity contribution in [3.8, 4) is 0 Å². The van der Waals surface area contributed by atoms with Crippen molar-refractivity contribution in [3.63, 3.8) is 0 Å². The molecule has 0 saturated heterocycles. The second-order valence-corrected chi connectivity index (χ2v) is 5.35. The van der Waals surface area contributed by atoms with Gasteiger partial charge in [-0.25, -0.2) is 10.2 Å². The number of amides is 3. The summed E-state index contributed by atoms with van der Waals surface area (Å²) in [5.74, 6) is -0.110. The van der Waals surface area contributed by atoms with E-state index >= 15 is 0 Å². The first-order valence-corrected chi connectivity index (χ1v) is 7.15. The highest BCUT2D eigenvalue weighted by Gasteiger charge is 2.21. The minimum Gasteiger partial charge on any atom is -0.307 e. The Labute approximate surface area is 123 Å². The Hall–Kier alpha value is -1.75. The molecule has 0 heterocycles. The third kappa shape index (κ3) is 4.42. The number of carbonyl (C=O) groups is 2. The summed E-state index contributed by atoms with van der Waals surface area (Å²) in [5, 5.41) is 3.13. The quantitative estimate of drug-likeness (QED) is 0.734. The van der Waals surface area contributed by atoms with Gasteiger partial charge in [0.1, 0.15) is 0 Å². The van der Waals surface area contributed by atoms with Crippen molar-refractivity contribution in [3.05, 3.63) is 29.3 Å². The Morgan fingerprint density at radius 2 is 1.85 bits per heavy atom. The lowest BCUT2D eigenvalue weighted by atomic mass is 9.89. The molecule has 3 amide bonds. The largest absolute Gasteiger partial charge is 0.337 e. The van der Waals surface area contributed by atoms with Gasteiger partial charge in [-0.3, -0.25) is 10.2 Å². The van der Waals surface area contributed by atoms with Gasteiger partial charge in [-0.2, -0.15) is 0 Å². The Bertz CT molecular complexity index is 487. The van der Waals surface area contributed by atoms with Crippen molar-refractivity contribution >= 4 is 29.2 Å². The van der Waals surface area contributed by atoms with Gasteiger partial charge in [0.25, 0.3) is 0 Å². The van der Waals surface area contributed by atoms with Crippen molar-refractivity contribution in [2.24, 2.45) is 5.92 Å². The van der Waals surface area contributed by atoms with E-state index in [9.17, 15) is 9.59 Å². The second kappa shape index (κ2) is 7.14. The van der Waals surface area contributed by atoms with E-state index in [4.69, 9.17) is 11.6 Å². The van der Waals surface area contributed by atoms with Crippen LogP contribution in [0.3, 0.4) is 0 Å². The van der Waals surface area contributed by atoms with Crippen LogP contribution in [0.5, 0.6) is 0 Å². The Morgan fingerprint density at radius 3 is 2.55 bits per heavy atom. The molecule has 1 aliphatic rings. The van der Waals surface area contributed by atoms with Crippen LogP contribution in [0.1, 0.15) is 32.1 Å². The molecule has 20 heavy (non-hydrogen) atoms. The van der Waals surface area contributed by atoms with Crippen molar-refractivity contribution in [2.75, 3.05) is 5.32 Å². The van der Waals surface area contributed by atoms with E-state index < -0.39 is 6.03 Å². The molecule has 0 spiro atoms. The molecule has 1 aliphatic carbocycles. The zero-order chi connectivity index (χ0) is 14.4. The lowest BCUT2D eigenvalue weighted by Gasteiger charge is -2.20. The molecular weight excluding hydrogens is 278 g/mol. The monoisotopic (exact) mass is 295 g/mol. The lowest BCUT2D eigenvalue weighted by Crippen LogP contribution is -2.46. The zero-order valence-corrected chi connectivity index (χ0v) is 11.9. The first kappa shape index (κ1) is 14.7. The van der Waals surface area contributed by atoms with E-state index in [0.717, 1.165) is 25.7 Å². The Morgan fingerprint density at radius 1 is 1.10 bits per heavy atom. The molecule has 1 fully saturated rings. The Balaban J connectivity index is 1.75. The first-order chi connectivity index (χ1) is 9.65. The predicted molar refractivity (Wildman–Crippen MR) is 78.3 cm³/mol. The van der Waals surface area contributed by atoms with Crippen molar-refractivity contribution in [2.45, 2.75) is 32.1 Å². The fraction of sp³-hybridized carbons (Fsp3) is 0.429. The average molecular weight is 296 g/mol. The lowest BCUT2D eigenvalue weighted by molar-refractivity contribution is -0.126. The summed E-state index contributed by atoms with van der Waals surface area (Å²) in [5.41, 5.74) is 5.38. The number of anilines is 1. The zero-order valence-electron chi connectivity index (χ0n) is 11.1. The molecular formula is C14H18ClN3O2. The molecule has 2 rings (SSSR count). The third-order valence-corrected chi connectivity index (χ3v) is 3.59. The third-order valence-electron chi connectivity index (χ3n) is 3.36. The van der Waals surface area contributed by atoms with E-state index in [0.29, 0.717) is 10.7 Å². The van der Waals surface area contributed by atoms with E-state index in [2.05, 4.69) is 16.2 Å². The molecule has 3 N–H and O–H groups in total. The van der Waals surface area contributed by atoms with Gasteiger partial charge in [0.2, 0.25) is 5.91 Å². The standard InChI is InChI=1S/C14H18ClN3O2/c15-11-7-4-8-12(9-11)16-14(20)18-17-13(19)10-5-2-1-3-6-10/h4,7-10H,1-3,5-6H2,(H,17,19)(H2,16,18,20). The summed E-state index contributed by atoms with van der Waals surface area (Å²) in [6.07, 6.45) is 5.12. The van der Waals surface area contributed by atoms with Crippen LogP contribution in [0.15, 0.2) is 24.3 Å². The van der Waals surface area contributed by atoms with Crippen LogP contribution in [0, 0.1) is 5.92 Å². The van der Waals surface area contributed by atoms with Gasteiger partial charge in [-0.05, 0) is 31.0 Å². The van der Waals surface area contributed by atoms with Gasteiger partial charge in [-0.15, -0.1) is 0 Å². The fourth-order valence-corrected chi connectivity index (χ4v) is 2.50. The van der Waals surface area contributed by atoms with Crippen LogP contribution in [0.4, 0.5) is 10.5 Å². The van der Waals surface area contributed by atoms with Gasteiger partial charge >= 0.3 is 6.03 Å². The number of hydrogen-bond donors (Lipinski definition) is 3. The molecule has 0 bridgehead atoms. The minimum absolute atomic E-state index is 0.00946. The van der Waals surface area contributed by atoms with E-state index in [-0.39, 0.29) is 11.8 Å². The molecule has 0 atom stereocenters. The van der Waals surface area contributed by atoms with Crippen LogP contribution in [0.25, 0.3) is 0 Å². The number of rotatable bonds is 2. The van der Waals surface area contributed by atoms with E-state index in [1.807, 2.05) is 0 Å². The highest BCUT2D eigenvalue weighted by molar-refractivity contribution is 6.30. The van der Waals surface area contributed by atoms with Crippen LogP contribution in [-0.4, -0.2) is 11.9 Å². The van der Waals surface area contributed by atoms with Gasteiger partial charge in [0.05, 0.1) is 0 Å². The summed E-state index contributed by atoms with van der Waals surface area (Å²) < 4.78 is 0. The fourth-order valence-electron chi connectivity index (χ4n) is 2.31. The molecule has 108 valence electrons. The topological polar surface area (TPSA) is 70.2 Å². The summed E-state index contributed by atoms with van der Waals surface area (Å²) >= 11 is 5.82. The van der Waals surface area contributed by atoms with Crippen molar-refractivity contribution in [1.82, 2.24) is 10.9 Å². The van der Waals surface area contributed by atoms with E-state index in [1.165, 1.54) is 6.42 Å². The van der Waals surface area contributed by atoms with Gasteiger partial charge in [0.15, 0.2) is 0 Å². The SMILES string of the molecule is O=C(NNC(=O)C1CCCCC1)Nc1cccc(Cl)c1. The van der Waals surface area contributed by atoms with Crippen LogP contribution < -0.4 is 16.2 Å². The number of nitrogens with one attached hydrogen (secondary N) is 3. The number of halogens is 1. The normalized spacial score (nSPS) is 15.4. The highest BCUT2D eigenvalue weighted by Crippen LogP contribution is 2.23. The molecule has 0 aliphatic heterocycles. The highest BCUT2D eigenvalue weighted by atomic mass is 35.5. The summed E-state index contributed by atoms with van der Waals surface area (Å²) in [7, 11) is 0. The van der Waals surface area contributed by atoms with Gasteiger partial charge in [0, 0.05) is 16.6 Å². The molecule has 0 radical (unpaired) electrons. The molecule has 1 aromatic carbocycles. The van der Waals surface area contributed by atoms with Gasteiger partial charge in [-0.1, -0.05) is 36.9 Å². The minimum atomic E-state index is -0.489. The average Bonchev–Trinajstić information content (AvgIpc) is 2.46. The summed E-state index contributed by atoms with van der Waals surface area (Å²) in [6, 6.07) is 6.31. The number of hydrazine groups is 1. The van der Waals surface area contributed by atoms with Crippen LogP contribution >= 0.6 is 11.6 Å². The maximum Gasteiger partial charge on any atom is 0.337 e. The number of urea groups is 1. The summed E-state index contributed by atoms with van der Waals surface area (Å²) in [4.78, 5) is 23.5. The second-order valence-electron chi connectivity index (χ2n) is 4.91. The molecule has 5 nitrogen and oxygen atoms in total. The van der Waals surface area contributed by atoms with Crippen molar-refractivity contribution < 1.29 is 9.59 Å². The Kier molecular flexibility index (Phi) is 5.24. The first-order valence-electron chi connectivity index (χ1n) is 6.77. The smallest absolute Gasteiger partial charge is 0.307 e. The number of benzene rings is 1.